The Hall–Kier alpha value is 0.216. The van der Waals surface area contributed by atoms with Crippen LogP contribution in [0.3, 0.4) is 0 Å². The zero-order valence-corrected chi connectivity index (χ0v) is 5.89. The van der Waals surface area contributed by atoms with Crippen molar-refractivity contribution in [1.82, 2.24) is 0 Å². The van der Waals surface area contributed by atoms with E-state index < -0.39 is 0 Å². The Morgan fingerprint density at radius 2 is 1.50 bits per heavy atom. The summed E-state index contributed by atoms with van der Waals surface area (Å²) >= 11 is 0. The van der Waals surface area contributed by atoms with Crippen LogP contribution >= 0.6 is 0 Å². The molecule has 0 amide bonds. The molecule has 0 fully saturated rings. The summed E-state index contributed by atoms with van der Waals surface area (Å²) in [6, 6.07) is 0. The van der Waals surface area contributed by atoms with Gasteiger partial charge in [0.15, 0.2) is 0 Å². The monoisotopic (exact) mass is 138 g/mol. The van der Waals surface area contributed by atoms with Crippen molar-refractivity contribution in [3.05, 3.63) is 23.6 Å². The van der Waals surface area contributed by atoms with E-state index in [2.05, 4.69) is 23.6 Å². The van der Waals surface area contributed by atoms with E-state index in [0.717, 1.165) is 0 Å². The normalized spacial score (nSPS) is 14.7. The second kappa shape index (κ2) is 3.41. The summed E-state index contributed by atoms with van der Waals surface area (Å²) in [6.45, 7) is 0. The molecule has 0 N–H and O–H groups in total. The minimum Gasteiger partial charge on any atom is -0.0969 e. The molecule has 6 heavy (non-hydrogen) atoms. The van der Waals surface area contributed by atoms with Gasteiger partial charge in [0.2, 0.25) is 0 Å². The Kier molecular flexibility index (Phi) is 3.53. The van der Waals surface area contributed by atoms with Gasteiger partial charge in [0.05, 0.1) is 9.52 Å². The van der Waals surface area contributed by atoms with Crippen LogP contribution in [0.2, 0.25) is 0 Å². The van der Waals surface area contributed by atoms with Gasteiger partial charge in [-0.05, 0) is 0 Å². The first-order valence-electron chi connectivity index (χ1n) is 1.82. The van der Waals surface area contributed by atoms with Crippen LogP contribution in [0.4, 0.5) is 0 Å². The summed E-state index contributed by atoms with van der Waals surface area (Å²) in [5.41, 5.74) is 4.53. The summed E-state index contributed by atoms with van der Waals surface area (Å²) in [5.74, 6) is 0. The van der Waals surface area contributed by atoms with Gasteiger partial charge in [-0.15, -0.1) is 0 Å². The first kappa shape index (κ1) is 6.22. The van der Waals surface area contributed by atoms with Crippen molar-refractivity contribution >= 4 is 9.52 Å². The van der Waals surface area contributed by atoms with E-state index in [1.165, 1.54) is 0 Å². The van der Waals surface area contributed by atoms with Crippen LogP contribution < -0.4 is 0 Å². The molecule has 0 atom stereocenters. The van der Waals surface area contributed by atoms with Crippen molar-refractivity contribution in [2.75, 3.05) is 0 Å². The molecule has 0 aliphatic carbocycles. The SMILES string of the molecule is C1=C[SiH2]C=C1.[Fe]. The molecule has 1 aliphatic rings. The largest absolute Gasteiger partial charge is 0.0969 e. The number of hydrogen-bond acceptors (Lipinski definition) is 0. The van der Waals surface area contributed by atoms with Crippen LogP contribution in [0.15, 0.2) is 23.6 Å². The van der Waals surface area contributed by atoms with Gasteiger partial charge in [-0.3, -0.25) is 0 Å². The van der Waals surface area contributed by atoms with Crippen LogP contribution in [0, 0.1) is 0 Å². The van der Waals surface area contributed by atoms with Gasteiger partial charge in [-0.25, -0.2) is 0 Å². The molecule has 2 heteroatoms. The smallest absolute Gasteiger partial charge is 0.0691 e. The maximum absolute atomic E-state index is 2.26. The quantitative estimate of drug-likeness (QED) is 0.419. The molecule has 0 saturated heterocycles. The van der Waals surface area contributed by atoms with Gasteiger partial charge < -0.3 is 0 Å². The molecule has 0 aromatic rings. The van der Waals surface area contributed by atoms with Crippen LogP contribution in [-0.4, -0.2) is 9.52 Å². The van der Waals surface area contributed by atoms with E-state index in [9.17, 15) is 0 Å². The zero-order valence-electron chi connectivity index (χ0n) is 3.37. The predicted molar refractivity (Wildman–Crippen MR) is 26.8 cm³/mol. The van der Waals surface area contributed by atoms with Gasteiger partial charge in [0.1, 0.15) is 0 Å². The molecule has 1 rings (SSSR count). The Morgan fingerprint density at radius 1 is 1.00 bits per heavy atom. The minimum atomic E-state index is 0. The van der Waals surface area contributed by atoms with Crippen LogP contribution in [0.5, 0.6) is 0 Å². The fourth-order valence-electron chi connectivity index (χ4n) is 0.393. The standard InChI is InChI=1S/C4H6Si.Fe/c1-2-4-5-3-1;/h1-4H,5H2;. The fourth-order valence-corrected chi connectivity index (χ4v) is 1.18. The number of rotatable bonds is 0. The Morgan fingerprint density at radius 3 is 1.67 bits per heavy atom. The maximum Gasteiger partial charge on any atom is 0.0691 e. The van der Waals surface area contributed by atoms with Gasteiger partial charge in [0, 0.05) is 17.1 Å². The second-order valence-electron chi connectivity index (χ2n) is 1.09. The van der Waals surface area contributed by atoms with Gasteiger partial charge >= 0.3 is 0 Å². The Labute approximate surface area is 50.6 Å². The van der Waals surface area contributed by atoms with Crippen LogP contribution in [-0.2, 0) is 17.1 Å². The van der Waals surface area contributed by atoms with E-state index in [1.807, 2.05) is 0 Å². The molecular weight excluding hydrogens is 132 g/mol. The topological polar surface area (TPSA) is 0 Å². The van der Waals surface area contributed by atoms with Crippen molar-refractivity contribution in [2.45, 2.75) is 0 Å². The summed E-state index contributed by atoms with van der Waals surface area (Å²) in [6.07, 6.45) is 4.23. The van der Waals surface area contributed by atoms with Gasteiger partial charge in [-0.1, -0.05) is 23.6 Å². The molecule has 1 aliphatic heterocycles. The molecular formula is C4H6FeSi. The average Bonchev–Trinajstić information content (AvgIpc) is 1.76. The number of hydrogen-bond donors (Lipinski definition) is 0. The third-order valence-electron chi connectivity index (χ3n) is 0.655. The van der Waals surface area contributed by atoms with Crippen molar-refractivity contribution in [3.8, 4) is 0 Å². The van der Waals surface area contributed by atoms with Crippen molar-refractivity contribution in [1.29, 1.82) is 0 Å². The molecule has 0 nitrogen and oxygen atoms in total. The van der Waals surface area contributed by atoms with Gasteiger partial charge in [-0.2, -0.15) is 0 Å². The summed E-state index contributed by atoms with van der Waals surface area (Å²) in [5, 5.41) is 0. The molecule has 0 aromatic heterocycles. The second-order valence-corrected chi connectivity index (χ2v) is 2.51. The van der Waals surface area contributed by atoms with Gasteiger partial charge in [0.25, 0.3) is 0 Å². The predicted octanol–water partition coefficient (Wildman–Crippen LogP) is 0.194. The molecule has 1 heterocycles. The summed E-state index contributed by atoms with van der Waals surface area (Å²) in [4.78, 5) is 0. The zero-order chi connectivity index (χ0) is 3.54. The third-order valence-corrected chi connectivity index (χ3v) is 1.74. The maximum atomic E-state index is 2.26. The molecule has 0 saturated carbocycles. The molecule has 0 radical (unpaired) electrons. The molecule has 0 unspecified atom stereocenters. The third kappa shape index (κ3) is 1.60. The van der Waals surface area contributed by atoms with E-state index in [-0.39, 0.29) is 26.6 Å². The fraction of sp³-hybridized carbons (Fsp3) is 0. The first-order chi connectivity index (χ1) is 2.50. The molecule has 0 aromatic carbocycles. The van der Waals surface area contributed by atoms with E-state index >= 15 is 0 Å². The van der Waals surface area contributed by atoms with Crippen LogP contribution in [0.1, 0.15) is 0 Å². The molecule has 34 valence electrons. The Bertz CT molecular complexity index is 65.6. The van der Waals surface area contributed by atoms with Crippen LogP contribution in [0.25, 0.3) is 0 Å². The first-order valence-corrected chi connectivity index (χ1v) is 3.45. The van der Waals surface area contributed by atoms with E-state index in [4.69, 9.17) is 0 Å². The minimum absolute atomic E-state index is 0. The molecule has 0 spiro atoms. The number of allylic oxidation sites excluding steroid dienone is 2. The van der Waals surface area contributed by atoms with E-state index in [1.54, 1.807) is 0 Å². The van der Waals surface area contributed by atoms with Crippen molar-refractivity contribution in [2.24, 2.45) is 0 Å². The average molecular weight is 138 g/mol. The summed E-state index contributed by atoms with van der Waals surface area (Å²) < 4.78 is 0. The Balaban J connectivity index is 0.000000250. The van der Waals surface area contributed by atoms with Crippen molar-refractivity contribution < 1.29 is 17.1 Å². The summed E-state index contributed by atoms with van der Waals surface area (Å²) in [7, 11) is 0.182. The van der Waals surface area contributed by atoms with Crippen molar-refractivity contribution in [3.63, 3.8) is 0 Å². The van der Waals surface area contributed by atoms with E-state index in [0.29, 0.717) is 0 Å². The molecule has 0 bridgehead atoms.